The number of carbonyl (C=O) groups is 3. The van der Waals surface area contributed by atoms with Gasteiger partial charge >= 0.3 is 6.09 Å². The molecule has 35 heavy (non-hydrogen) atoms. The van der Waals surface area contributed by atoms with Gasteiger partial charge in [0.15, 0.2) is 0 Å². The number of carbonyl (C=O) groups excluding carboxylic acids is 2. The predicted molar refractivity (Wildman–Crippen MR) is 135 cm³/mol. The Hall–Kier alpha value is -2.48. The standard InChI is InChI=1S/C25H26Cl3N3O4/c1-29(23(32)15-2-5-18(26)6-3-15)22-9-11-30(24(33)17-8-10-31(13-17)25(34)35)14-19(22)16-4-7-20(27)21(28)12-16/h2-7,12,17,19,22H,8-11,13-14H2,1H3,(H,34,35)/t17-,19+,22-/m1/s1. The van der Waals surface area contributed by atoms with Gasteiger partial charge in [0.25, 0.3) is 5.91 Å². The maximum Gasteiger partial charge on any atom is 0.407 e. The van der Waals surface area contributed by atoms with Crippen molar-refractivity contribution in [3.63, 3.8) is 0 Å². The number of nitrogens with zero attached hydrogens (tertiary/aromatic N) is 3. The summed E-state index contributed by atoms with van der Waals surface area (Å²) in [5, 5.41) is 10.6. The molecule has 10 heteroatoms. The van der Waals surface area contributed by atoms with Crippen LogP contribution in [0.25, 0.3) is 0 Å². The average molecular weight is 539 g/mol. The zero-order chi connectivity index (χ0) is 25.3. The van der Waals surface area contributed by atoms with E-state index in [1.807, 2.05) is 6.07 Å². The maximum atomic E-state index is 13.3. The Kier molecular flexibility index (Phi) is 7.79. The van der Waals surface area contributed by atoms with Gasteiger partial charge < -0.3 is 19.8 Å². The van der Waals surface area contributed by atoms with Gasteiger partial charge in [0.1, 0.15) is 0 Å². The summed E-state index contributed by atoms with van der Waals surface area (Å²) in [6.45, 7) is 1.43. The van der Waals surface area contributed by atoms with Crippen molar-refractivity contribution in [2.75, 3.05) is 33.2 Å². The SMILES string of the molecule is CN(C(=O)c1ccc(Cl)cc1)[C@@H]1CCN(C(=O)[C@@H]2CCN(C(=O)O)C2)C[C@H]1c1ccc(Cl)c(Cl)c1. The summed E-state index contributed by atoms with van der Waals surface area (Å²) in [7, 11) is 1.77. The van der Waals surface area contributed by atoms with Gasteiger partial charge in [0.2, 0.25) is 5.91 Å². The maximum absolute atomic E-state index is 13.3. The number of benzene rings is 2. The zero-order valence-electron chi connectivity index (χ0n) is 19.2. The first-order valence-corrected chi connectivity index (χ1v) is 12.5. The summed E-state index contributed by atoms with van der Waals surface area (Å²) >= 11 is 18.4. The second kappa shape index (κ2) is 10.6. The number of hydrogen-bond donors (Lipinski definition) is 1. The summed E-state index contributed by atoms with van der Waals surface area (Å²) in [6, 6.07) is 12.0. The highest BCUT2D eigenvalue weighted by Gasteiger charge is 2.40. The van der Waals surface area contributed by atoms with Crippen molar-refractivity contribution >= 4 is 52.7 Å². The fourth-order valence-electron chi connectivity index (χ4n) is 5.01. The van der Waals surface area contributed by atoms with Crippen LogP contribution < -0.4 is 0 Å². The lowest BCUT2D eigenvalue weighted by molar-refractivity contribution is -0.136. The summed E-state index contributed by atoms with van der Waals surface area (Å²) in [4.78, 5) is 42.7. The van der Waals surface area contributed by atoms with Crippen molar-refractivity contribution in [3.05, 3.63) is 68.7 Å². The molecule has 2 aromatic carbocycles. The molecule has 2 aliphatic rings. The molecule has 7 nitrogen and oxygen atoms in total. The largest absolute Gasteiger partial charge is 0.465 e. The molecule has 0 bridgehead atoms. The molecular formula is C25H26Cl3N3O4. The third-order valence-corrected chi connectivity index (χ3v) is 7.97. The van der Waals surface area contributed by atoms with Crippen LogP contribution in [0.2, 0.25) is 15.1 Å². The monoisotopic (exact) mass is 537 g/mol. The average Bonchev–Trinajstić information content (AvgIpc) is 3.35. The van der Waals surface area contributed by atoms with Crippen LogP contribution in [0.5, 0.6) is 0 Å². The van der Waals surface area contributed by atoms with Crippen LogP contribution in [0.4, 0.5) is 4.79 Å². The van der Waals surface area contributed by atoms with Crippen molar-refractivity contribution < 1.29 is 19.5 Å². The predicted octanol–water partition coefficient (Wildman–Crippen LogP) is 5.10. The van der Waals surface area contributed by atoms with Crippen LogP contribution in [-0.4, -0.2) is 77.0 Å². The molecule has 3 amide bonds. The first-order chi connectivity index (χ1) is 16.7. The fourth-order valence-corrected chi connectivity index (χ4v) is 5.45. The molecule has 2 fully saturated rings. The second-order valence-electron chi connectivity index (χ2n) is 9.06. The molecule has 0 spiro atoms. The summed E-state index contributed by atoms with van der Waals surface area (Å²) in [5.41, 5.74) is 1.42. The number of piperidine rings is 1. The summed E-state index contributed by atoms with van der Waals surface area (Å²) in [5.74, 6) is -0.737. The Morgan fingerprint density at radius 2 is 1.60 bits per heavy atom. The number of amides is 3. The van der Waals surface area contributed by atoms with Crippen molar-refractivity contribution in [3.8, 4) is 0 Å². The molecule has 0 radical (unpaired) electrons. The Balaban J connectivity index is 1.58. The molecule has 4 rings (SSSR count). The number of rotatable bonds is 4. The van der Waals surface area contributed by atoms with Crippen LogP contribution in [0.3, 0.4) is 0 Å². The number of likely N-dealkylation sites (tertiary alicyclic amines) is 2. The van der Waals surface area contributed by atoms with Gasteiger partial charge in [-0.2, -0.15) is 0 Å². The van der Waals surface area contributed by atoms with Gasteiger partial charge in [-0.3, -0.25) is 9.59 Å². The summed E-state index contributed by atoms with van der Waals surface area (Å²) in [6.07, 6.45) is 0.0780. The molecule has 0 aromatic heterocycles. The molecule has 2 aliphatic heterocycles. The minimum absolute atomic E-state index is 0.0519. The number of halogens is 3. The molecule has 2 heterocycles. The Morgan fingerprint density at radius 3 is 2.23 bits per heavy atom. The topological polar surface area (TPSA) is 81.2 Å². The van der Waals surface area contributed by atoms with E-state index in [-0.39, 0.29) is 36.2 Å². The fraction of sp³-hybridized carbons (Fsp3) is 0.400. The number of hydrogen-bond acceptors (Lipinski definition) is 3. The molecule has 186 valence electrons. The molecular weight excluding hydrogens is 513 g/mol. The third-order valence-electron chi connectivity index (χ3n) is 6.98. The molecule has 3 atom stereocenters. The van der Waals surface area contributed by atoms with Gasteiger partial charge in [-0.05, 0) is 54.8 Å². The van der Waals surface area contributed by atoms with Crippen molar-refractivity contribution in [1.82, 2.24) is 14.7 Å². The Morgan fingerprint density at radius 1 is 0.914 bits per heavy atom. The van der Waals surface area contributed by atoms with Crippen LogP contribution in [0, 0.1) is 5.92 Å². The lowest BCUT2D eigenvalue weighted by Crippen LogP contribution is -2.53. The molecule has 2 aromatic rings. The number of likely N-dealkylation sites (N-methyl/N-ethyl adjacent to an activating group) is 1. The summed E-state index contributed by atoms with van der Waals surface area (Å²) < 4.78 is 0. The first kappa shape index (κ1) is 25.6. The Labute approximate surface area is 219 Å². The second-order valence-corrected chi connectivity index (χ2v) is 10.3. The van der Waals surface area contributed by atoms with Crippen molar-refractivity contribution in [2.45, 2.75) is 24.8 Å². The van der Waals surface area contributed by atoms with Crippen molar-refractivity contribution in [2.24, 2.45) is 5.92 Å². The van der Waals surface area contributed by atoms with E-state index < -0.39 is 6.09 Å². The van der Waals surface area contributed by atoms with E-state index in [1.165, 1.54) is 4.90 Å². The van der Waals surface area contributed by atoms with E-state index in [0.29, 0.717) is 53.1 Å². The van der Waals surface area contributed by atoms with Crippen LogP contribution in [-0.2, 0) is 4.79 Å². The van der Waals surface area contributed by atoms with Gasteiger partial charge in [-0.1, -0.05) is 40.9 Å². The number of carboxylic acid groups (broad SMARTS) is 1. The van der Waals surface area contributed by atoms with Gasteiger partial charge in [-0.15, -0.1) is 0 Å². The lowest BCUT2D eigenvalue weighted by Gasteiger charge is -2.43. The quantitative estimate of drug-likeness (QED) is 0.587. The van der Waals surface area contributed by atoms with E-state index >= 15 is 0 Å². The Bertz CT molecular complexity index is 1130. The highest BCUT2D eigenvalue weighted by atomic mass is 35.5. The normalized spacial score (nSPS) is 22.2. The lowest BCUT2D eigenvalue weighted by atomic mass is 9.84. The minimum atomic E-state index is -1.00. The molecule has 0 aliphatic carbocycles. The highest BCUT2D eigenvalue weighted by Crippen LogP contribution is 2.35. The minimum Gasteiger partial charge on any atom is -0.465 e. The molecule has 0 saturated carbocycles. The van der Waals surface area contributed by atoms with E-state index in [9.17, 15) is 19.5 Å². The van der Waals surface area contributed by atoms with Crippen LogP contribution in [0.15, 0.2) is 42.5 Å². The zero-order valence-corrected chi connectivity index (χ0v) is 21.4. The van der Waals surface area contributed by atoms with Crippen LogP contribution in [0.1, 0.15) is 34.7 Å². The smallest absolute Gasteiger partial charge is 0.407 e. The highest BCUT2D eigenvalue weighted by molar-refractivity contribution is 6.42. The van der Waals surface area contributed by atoms with Crippen molar-refractivity contribution in [1.29, 1.82) is 0 Å². The first-order valence-electron chi connectivity index (χ1n) is 11.4. The van der Waals surface area contributed by atoms with Crippen LogP contribution >= 0.6 is 34.8 Å². The van der Waals surface area contributed by atoms with Gasteiger partial charge in [0.05, 0.1) is 16.0 Å². The third kappa shape index (κ3) is 5.52. The van der Waals surface area contributed by atoms with Gasteiger partial charge in [0, 0.05) is 55.8 Å². The molecule has 1 N–H and O–H groups in total. The van der Waals surface area contributed by atoms with E-state index in [4.69, 9.17) is 34.8 Å². The van der Waals surface area contributed by atoms with Gasteiger partial charge in [-0.25, -0.2) is 4.79 Å². The van der Waals surface area contributed by atoms with E-state index in [2.05, 4.69) is 0 Å². The van der Waals surface area contributed by atoms with E-state index in [0.717, 1.165) is 5.56 Å². The molecule has 0 unspecified atom stereocenters. The molecule has 2 saturated heterocycles. The van der Waals surface area contributed by atoms with E-state index in [1.54, 1.807) is 53.2 Å².